The van der Waals surface area contributed by atoms with Crippen molar-refractivity contribution < 1.29 is 9.59 Å². The number of carbonyl (C=O) groups is 2. The zero-order chi connectivity index (χ0) is 19.7. The minimum Gasteiger partial charge on any atom is -0.371 e. The average molecular weight is 415 g/mol. The molecule has 4 unspecified atom stereocenters. The minimum absolute atomic E-state index is 0.0129. The van der Waals surface area contributed by atoms with Crippen molar-refractivity contribution in [3.8, 4) is 0 Å². The number of likely N-dealkylation sites (N-methyl/N-ethyl adjacent to an activating group) is 2. The molecule has 28 heavy (non-hydrogen) atoms. The maximum absolute atomic E-state index is 12.5. The van der Waals surface area contributed by atoms with Crippen molar-refractivity contribution in [1.82, 2.24) is 10.6 Å². The van der Waals surface area contributed by atoms with E-state index in [1.807, 2.05) is 48.5 Å². The first-order valence-electron chi connectivity index (χ1n) is 9.10. The van der Waals surface area contributed by atoms with Gasteiger partial charge in [0.25, 0.3) is 0 Å². The van der Waals surface area contributed by atoms with E-state index in [-0.39, 0.29) is 34.4 Å². The van der Waals surface area contributed by atoms with Crippen molar-refractivity contribution in [3.63, 3.8) is 0 Å². The van der Waals surface area contributed by atoms with Gasteiger partial charge in [-0.1, -0.05) is 58.0 Å². The highest BCUT2D eigenvalue weighted by molar-refractivity contribution is 8.77. The van der Waals surface area contributed by atoms with Crippen LogP contribution < -0.4 is 21.3 Å². The van der Waals surface area contributed by atoms with Crippen molar-refractivity contribution >= 4 is 44.8 Å². The van der Waals surface area contributed by atoms with Crippen molar-refractivity contribution in [2.45, 2.75) is 22.6 Å². The van der Waals surface area contributed by atoms with Crippen molar-refractivity contribution in [2.75, 3.05) is 24.7 Å². The van der Waals surface area contributed by atoms with E-state index in [1.54, 1.807) is 35.7 Å². The van der Waals surface area contributed by atoms with Gasteiger partial charge in [-0.3, -0.25) is 9.59 Å². The van der Waals surface area contributed by atoms with E-state index >= 15 is 0 Å². The predicted molar refractivity (Wildman–Crippen MR) is 117 cm³/mol. The Bertz CT molecular complexity index is 834. The van der Waals surface area contributed by atoms with Crippen LogP contribution in [0, 0.1) is 0 Å². The highest BCUT2D eigenvalue weighted by atomic mass is 33.1. The van der Waals surface area contributed by atoms with Gasteiger partial charge in [-0.25, -0.2) is 0 Å². The lowest BCUT2D eigenvalue weighted by Crippen LogP contribution is -2.33. The number of para-hydroxylation sites is 2. The molecule has 6 nitrogen and oxygen atoms in total. The third kappa shape index (κ3) is 3.31. The highest BCUT2D eigenvalue weighted by Gasteiger charge is 2.41. The SMILES string of the molecule is CNC(=O)C1c2ccccc2NC1SSC1Nc2ccccc2C1C(=O)NC. The Labute approximate surface area is 172 Å². The average Bonchev–Trinajstić information content (AvgIpc) is 3.28. The summed E-state index contributed by atoms with van der Waals surface area (Å²) >= 11 is 0. The van der Waals surface area contributed by atoms with Gasteiger partial charge in [-0.15, -0.1) is 0 Å². The Morgan fingerprint density at radius 3 is 1.54 bits per heavy atom. The van der Waals surface area contributed by atoms with Gasteiger partial charge in [0, 0.05) is 25.5 Å². The first-order chi connectivity index (χ1) is 13.6. The van der Waals surface area contributed by atoms with Gasteiger partial charge >= 0.3 is 0 Å². The number of anilines is 2. The molecular formula is C20H22N4O2S2. The van der Waals surface area contributed by atoms with Crippen molar-refractivity contribution in [1.29, 1.82) is 0 Å². The summed E-state index contributed by atoms with van der Waals surface area (Å²) in [4.78, 5) is 25.1. The van der Waals surface area contributed by atoms with Gasteiger partial charge in [-0.2, -0.15) is 0 Å². The summed E-state index contributed by atoms with van der Waals surface area (Å²) in [6, 6.07) is 15.8. The molecule has 0 spiro atoms. The number of fused-ring (bicyclic) bond motifs is 2. The molecule has 4 rings (SSSR count). The van der Waals surface area contributed by atoms with Crippen LogP contribution >= 0.6 is 21.6 Å². The smallest absolute Gasteiger partial charge is 0.230 e. The summed E-state index contributed by atoms with van der Waals surface area (Å²) in [5.41, 5.74) is 3.98. The number of nitrogens with one attached hydrogen (secondary N) is 4. The molecule has 0 fully saturated rings. The molecule has 0 aromatic heterocycles. The molecule has 2 aliphatic heterocycles. The van der Waals surface area contributed by atoms with Crippen LogP contribution in [-0.2, 0) is 9.59 Å². The Balaban J connectivity index is 1.52. The van der Waals surface area contributed by atoms with E-state index in [0.717, 1.165) is 22.5 Å². The van der Waals surface area contributed by atoms with Crippen LogP contribution in [0.4, 0.5) is 11.4 Å². The van der Waals surface area contributed by atoms with Crippen LogP contribution in [0.25, 0.3) is 0 Å². The fourth-order valence-corrected chi connectivity index (χ4v) is 6.77. The molecule has 4 atom stereocenters. The maximum Gasteiger partial charge on any atom is 0.230 e. The van der Waals surface area contributed by atoms with Crippen molar-refractivity contribution in [2.24, 2.45) is 0 Å². The molecule has 146 valence electrons. The lowest BCUT2D eigenvalue weighted by Gasteiger charge is -2.22. The third-order valence-electron chi connectivity index (χ3n) is 5.11. The van der Waals surface area contributed by atoms with Gasteiger partial charge in [-0.05, 0) is 23.3 Å². The Morgan fingerprint density at radius 1 is 0.750 bits per heavy atom. The van der Waals surface area contributed by atoms with Crippen LogP contribution in [0.5, 0.6) is 0 Å². The lowest BCUT2D eigenvalue weighted by molar-refractivity contribution is -0.122. The Morgan fingerprint density at radius 2 is 1.14 bits per heavy atom. The molecule has 4 N–H and O–H groups in total. The molecule has 0 radical (unpaired) electrons. The number of amides is 2. The number of carbonyl (C=O) groups excluding carboxylic acids is 2. The molecule has 2 aliphatic rings. The highest BCUT2D eigenvalue weighted by Crippen LogP contribution is 2.50. The Kier molecular flexibility index (Phi) is 5.41. The fraction of sp³-hybridized carbons (Fsp3) is 0.300. The van der Waals surface area contributed by atoms with Crippen LogP contribution in [0.1, 0.15) is 23.0 Å². The molecule has 2 amide bonds. The molecule has 2 heterocycles. The van der Waals surface area contributed by atoms with Crippen LogP contribution in [-0.4, -0.2) is 36.7 Å². The standard InChI is InChI=1S/C20H22N4O2S2/c1-21-17(25)15-11-7-3-5-9-13(11)23-19(15)27-28-20-16(18(26)22-2)12-8-4-6-10-14(12)24-20/h3-10,15-16,19-20,23-24H,1-2H3,(H,21,25)(H,22,26). The quantitative estimate of drug-likeness (QED) is 0.563. The molecule has 0 aliphatic carbocycles. The summed E-state index contributed by atoms with van der Waals surface area (Å²) < 4.78 is 0. The maximum atomic E-state index is 12.5. The molecule has 8 heteroatoms. The van der Waals surface area contributed by atoms with E-state index in [1.165, 1.54) is 0 Å². The van der Waals surface area contributed by atoms with Gasteiger partial charge in [0.1, 0.15) is 0 Å². The normalized spacial score (nSPS) is 24.5. The number of hydrogen-bond acceptors (Lipinski definition) is 6. The second-order valence-electron chi connectivity index (χ2n) is 6.68. The van der Waals surface area contributed by atoms with Gasteiger partial charge in [0.2, 0.25) is 11.8 Å². The van der Waals surface area contributed by atoms with E-state index in [9.17, 15) is 9.59 Å². The summed E-state index contributed by atoms with van der Waals surface area (Å²) in [6.07, 6.45) is 0. The first kappa shape index (κ1) is 19.0. The van der Waals surface area contributed by atoms with Crippen LogP contribution in [0.3, 0.4) is 0 Å². The summed E-state index contributed by atoms with van der Waals surface area (Å²) in [6.45, 7) is 0. The molecular weight excluding hydrogens is 392 g/mol. The van der Waals surface area contributed by atoms with E-state index in [4.69, 9.17) is 0 Å². The second kappa shape index (κ2) is 7.97. The first-order valence-corrected chi connectivity index (χ1v) is 11.4. The predicted octanol–water partition coefficient (Wildman–Crippen LogP) is 2.93. The number of benzene rings is 2. The summed E-state index contributed by atoms with van der Waals surface area (Å²) in [7, 11) is 6.51. The largest absolute Gasteiger partial charge is 0.371 e. The fourth-order valence-electron chi connectivity index (χ4n) is 3.75. The zero-order valence-electron chi connectivity index (χ0n) is 15.6. The monoisotopic (exact) mass is 414 g/mol. The zero-order valence-corrected chi connectivity index (χ0v) is 17.2. The molecule has 2 aromatic carbocycles. The van der Waals surface area contributed by atoms with E-state index in [2.05, 4.69) is 21.3 Å². The number of hydrogen-bond donors (Lipinski definition) is 4. The van der Waals surface area contributed by atoms with Gasteiger partial charge < -0.3 is 21.3 Å². The molecule has 2 aromatic rings. The molecule has 0 saturated heterocycles. The third-order valence-corrected chi connectivity index (χ3v) is 8.00. The van der Waals surface area contributed by atoms with E-state index < -0.39 is 0 Å². The van der Waals surface area contributed by atoms with Crippen molar-refractivity contribution in [3.05, 3.63) is 59.7 Å². The molecule has 0 bridgehead atoms. The van der Waals surface area contributed by atoms with Crippen LogP contribution in [0.2, 0.25) is 0 Å². The minimum atomic E-state index is -0.277. The molecule has 0 saturated carbocycles. The summed E-state index contributed by atoms with van der Waals surface area (Å²) in [5.74, 6) is -0.580. The topological polar surface area (TPSA) is 82.3 Å². The van der Waals surface area contributed by atoms with Gasteiger partial charge in [0.05, 0.1) is 22.6 Å². The second-order valence-corrected chi connectivity index (χ2v) is 9.24. The summed E-state index contributed by atoms with van der Waals surface area (Å²) in [5, 5.41) is 12.2. The lowest BCUT2D eigenvalue weighted by atomic mass is 10.0. The van der Waals surface area contributed by atoms with E-state index in [0.29, 0.717) is 0 Å². The Hall–Kier alpha value is -2.32. The van der Waals surface area contributed by atoms with Crippen LogP contribution in [0.15, 0.2) is 48.5 Å². The number of rotatable bonds is 5. The van der Waals surface area contributed by atoms with Gasteiger partial charge in [0.15, 0.2) is 0 Å².